The number of nitrogens with zero attached hydrogens (tertiary/aromatic N) is 3. The standard InChI is InChI=1S/C29H33N3S/c1-2-3-4-5-8-15-30-24-19-26-27(22-13-7-6-12-21(22)24)31-25-18-20-11-9-16-32-17-10-14-23(28(20)32)29(25)33-26/h6-7,12-13,18-19H,2-5,8-11,14-17H2,1H3. The van der Waals surface area contributed by atoms with Crippen molar-refractivity contribution in [3.63, 3.8) is 0 Å². The van der Waals surface area contributed by atoms with Gasteiger partial charge in [0, 0.05) is 36.1 Å². The summed E-state index contributed by atoms with van der Waals surface area (Å²) in [5, 5.41) is 3.62. The van der Waals surface area contributed by atoms with E-state index >= 15 is 0 Å². The van der Waals surface area contributed by atoms with Crippen LogP contribution in [0, 0.1) is 0 Å². The Labute approximate surface area is 200 Å². The van der Waals surface area contributed by atoms with Gasteiger partial charge in [0.2, 0.25) is 0 Å². The van der Waals surface area contributed by atoms with Crippen LogP contribution in [0.25, 0.3) is 31.6 Å². The number of fused-ring (bicyclic) bond motifs is 5. The lowest BCUT2D eigenvalue weighted by Gasteiger charge is -2.37. The first kappa shape index (κ1) is 21.1. The molecule has 6 rings (SSSR count). The van der Waals surface area contributed by atoms with Crippen molar-refractivity contribution >= 4 is 38.0 Å². The molecule has 0 N–H and O–H groups in total. The highest BCUT2D eigenvalue weighted by Crippen LogP contribution is 2.43. The molecule has 0 bridgehead atoms. The fourth-order valence-electron chi connectivity index (χ4n) is 5.80. The molecule has 4 aliphatic rings. The molecule has 170 valence electrons. The Morgan fingerprint density at radius 1 is 0.970 bits per heavy atom. The molecule has 3 aliphatic heterocycles. The molecule has 3 nitrogen and oxygen atoms in total. The van der Waals surface area contributed by atoms with E-state index in [2.05, 4.69) is 48.2 Å². The van der Waals surface area contributed by atoms with Crippen molar-refractivity contribution in [2.24, 2.45) is 4.99 Å². The minimum absolute atomic E-state index is 0.915. The molecule has 0 unspecified atom stereocenters. The Bertz CT molecular complexity index is 1350. The van der Waals surface area contributed by atoms with Crippen LogP contribution in [0.1, 0.15) is 63.0 Å². The Hall–Kier alpha value is -2.46. The second-order valence-corrected chi connectivity index (χ2v) is 10.8. The fraction of sp³-hybridized carbons (Fsp3) is 0.448. The molecule has 0 atom stereocenters. The average molecular weight is 456 g/mol. The van der Waals surface area contributed by atoms with Crippen LogP contribution in [0.5, 0.6) is 0 Å². The van der Waals surface area contributed by atoms with Gasteiger partial charge in [0.25, 0.3) is 0 Å². The molecule has 0 radical (unpaired) electrons. The van der Waals surface area contributed by atoms with Crippen LogP contribution in [0.15, 0.2) is 41.4 Å². The number of rotatable bonds is 6. The summed E-state index contributed by atoms with van der Waals surface area (Å²) in [6.07, 6.45) is 11.3. The van der Waals surface area contributed by atoms with E-state index in [4.69, 9.17) is 9.98 Å². The number of aromatic nitrogens is 1. The van der Waals surface area contributed by atoms with Crippen molar-refractivity contribution in [1.82, 2.24) is 4.98 Å². The predicted molar refractivity (Wildman–Crippen MR) is 142 cm³/mol. The van der Waals surface area contributed by atoms with Crippen LogP contribution < -0.4 is 10.3 Å². The summed E-state index contributed by atoms with van der Waals surface area (Å²) in [5.74, 6) is 0. The van der Waals surface area contributed by atoms with E-state index in [1.807, 2.05) is 11.3 Å². The summed E-state index contributed by atoms with van der Waals surface area (Å²) < 4.78 is 1.40. The van der Waals surface area contributed by atoms with Crippen molar-refractivity contribution in [2.75, 3.05) is 24.5 Å². The van der Waals surface area contributed by atoms with E-state index in [1.165, 1.54) is 108 Å². The lowest BCUT2D eigenvalue weighted by molar-refractivity contribution is 0.636. The third-order valence-electron chi connectivity index (χ3n) is 7.40. The zero-order valence-corrected chi connectivity index (χ0v) is 20.5. The predicted octanol–water partition coefficient (Wildman–Crippen LogP) is 7.12. The van der Waals surface area contributed by atoms with Gasteiger partial charge in [-0.3, -0.25) is 4.99 Å². The smallest absolute Gasteiger partial charge is 0.0889 e. The summed E-state index contributed by atoms with van der Waals surface area (Å²) in [4.78, 5) is 14.3. The van der Waals surface area contributed by atoms with Gasteiger partial charge in [-0.2, -0.15) is 0 Å². The number of aryl methyl sites for hydroxylation is 2. The van der Waals surface area contributed by atoms with Gasteiger partial charge in [0.05, 0.1) is 26.1 Å². The van der Waals surface area contributed by atoms with Crippen LogP contribution in [0.3, 0.4) is 0 Å². The Morgan fingerprint density at radius 3 is 2.67 bits per heavy atom. The molecular weight excluding hydrogens is 422 g/mol. The Kier molecular flexibility index (Phi) is 5.79. The molecule has 2 aromatic rings. The van der Waals surface area contributed by atoms with Crippen LogP contribution >= 0.6 is 11.3 Å². The van der Waals surface area contributed by atoms with Crippen LogP contribution in [-0.4, -0.2) is 24.6 Å². The van der Waals surface area contributed by atoms with Gasteiger partial charge in [-0.15, -0.1) is 11.3 Å². The van der Waals surface area contributed by atoms with Crippen molar-refractivity contribution in [1.29, 1.82) is 0 Å². The molecule has 3 heterocycles. The molecule has 2 aromatic carbocycles. The van der Waals surface area contributed by atoms with Gasteiger partial charge in [-0.05, 0) is 55.4 Å². The van der Waals surface area contributed by atoms with Crippen LogP contribution in [-0.2, 0) is 12.8 Å². The molecule has 0 amide bonds. The van der Waals surface area contributed by atoms with Gasteiger partial charge >= 0.3 is 0 Å². The molecule has 0 spiro atoms. The number of anilines is 1. The minimum Gasteiger partial charge on any atom is -0.371 e. The fourth-order valence-corrected chi connectivity index (χ4v) is 6.97. The van der Waals surface area contributed by atoms with E-state index in [1.54, 1.807) is 5.56 Å². The highest BCUT2D eigenvalue weighted by Gasteiger charge is 2.27. The summed E-state index contributed by atoms with van der Waals surface area (Å²) in [7, 11) is 0. The van der Waals surface area contributed by atoms with Crippen molar-refractivity contribution in [3.8, 4) is 10.6 Å². The highest BCUT2D eigenvalue weighted by atomic mass is 32.1. The molecule has 4 heteroatoms. The molecular formula is C29H33N3S. The lowest BCUT2D eigenvalue weighted by atomic mass is 9.91. The van der Waals surface area contributed by atoms with Gasteiger partial charge in [-0.1, -0.05) is 56.9 Å². The van der Waals surface area contributed by atoms with E-state index in [0.29, 0.717) is 0 Å². The topological polar surface area (TPSA) is 28.5 Å². The molecule has 0 saturated heterocycles. The van der Waals surface area contributed by atoms with Crippen molar-refractivity contribution in [3.05, 3.63) is 52.9 Å². The van der Waals surface area contributed by atoms with E-state index in [9.17, 15) is 0 Å². The number of benzene rings is 3. The van der Waals surface area contributed by atoms with E-state index < -0.39 is 0 Å². The van der Waals surface area contributed by atoms with Crippen LogP contribution in [0.2, 0.25) is 0 Å². The summed E-state index contributed by atoms with van der Waals surface area (Å²) in [5.41, 5.74) is 6.93. The van der Waals surface area contributed by atoms with Gasteiger partial charge < -0.3 is 4.90 Å². The van der Waals surface area contributed by atoms with Crippen molar-refractivity contribution < 1.29 is 0 Å². The zero-order chi connectivity index (χ0) is 22.2. The maximum Gasteiger partial charge on any atom is 0.0889 e. The third-order valence-corrected chi connectivity index (χ3v) is 8.59. The quantitative estimate of drug-likeness (QED) is 0.176. The first-order valence-electron chi connectivity index (χ1n) is 12.9. The first-order valence-corrected chi connectivity index (χ1v) is 13.7. The maximum absolute atomic E-state index is 5.29. The SMILES string of the molecule is CCCCCCCN=c1cc2sc3c4c5c(cc3nc-2c2ccccc12)CCCN5CCC4. The van der Waals surface area contributed by atoms with E-state index in [-0.39, 0.29) is 0 Å². The van der Waals surface area contributed by atoms with Gasteiger partial charge in [0.15, 0.2) is 0 Å². The largest absolute Gasteiger partial charge is 0.371 e. The molecule has 33 heavy (non-hydrogen) atoms. The number of hydrogen-bond donors (Lipinski definition) is 0. The van der Waals surface area contributed by atoms with Crippen molar-refractivity contribution in [2.45, 2.75) is 64.7 Å². The van der Waals surface area contributed by atoms with E-state index in [0.717, 1.165) is 17.6 Å². The maximum atomic E-state index is 5.29. The van der Waals surface area contributed by atoms with Gasteiger partial charge in [-0.25, -0.2) is 4.98 Å². The van der Waals surface area contributed by atoms with Crippen LogP contribution in [0.4, 0.5) is 5.69 Å². The second kappa shape index (κ2) is 9.06. The molecule has 0 saturated carbocycles. The first-order chi connectivity index (χ1) is 16.3. The summed E-state index contributed by atoms with van der Waals surface area (Å²) >= 11 is 1.94. The Morgan fingerprint density at radius 2 is 1.79 bits per heavy atom. The second-order valence-electron chi connectivity index (χ2n) is 9.70. The summed E-state index contributed by atoms with van der Waals surface area (Å²) in [6, 6.07) is 13.4. The molecule has 1 aliphatic carbocycles. The zero-order valence-electron chi connectivity index (χ0n) is 19.7. The lowest BCUT2D eigenvalue weighted by Crippen LogP contribution is -2.34. The summed E-state index contributed by atoms with van der Waals surface area (Å²) in [6.45, 7) is 5.61. The van der Waals surface area contributed by atoms with Gasteiger partial charge in [0.1, 0.15) is 0 Å². The monoisotopic (exact) mass is 455 g/mol. The normalized spacial score (nSPS) is 16.2. The third kappa shape index (κ3) is 3.82. The Balaban J connectivity index is 1.51. The minimum atomic E-state index is 0.915. The number of unbranched alkanes of at least 4 members (excludes halogenated alkanes) is 4. The highest BCUT2D eigenvalue weighted by molar-refractivity contribution is 7.21. The average Bonchev–Trinajstić information content (AvgIpc) is 2.86. The molecule has 0 fully saturated rings. The number of hydrogen-bond acceptors (Lipinski definition) is 4. The molecule has 0 aromatic heterocycles.